The van der Waals surface area contributed by atoms with Gasteiger partial charge < -0.3 is 9.13 Å². The molecule has 0 bridgehead atoms. The van der Waals surface area contributed by atoms with Crippen molar-refractivity contribution >= 4 is 43.6 Å². The first-order valence-electron chi connectivity index (χ1n) is 26.5. The summed E-state index contributed by atoms with van der Waals surface area (Å²) in [6.07, 6.45) is 0. The summed E-state index contributed by atoms with van der Waals surface area (Å²) in [6, 6.07) is 79.0. The van der Waals surface area contributed by atoms with Crippen molar-refractivity contribution in [3.05, 3.63) is 246 Å². The monoisotopic (exact) mass is 997 g/mol. The summed E-state index contributed by atoms with van der Waals surface area (Å²) < 4.78 is 4.70. The number of nitrogens with zero attached hydrogens (tertiary/aromatic N) is 7. The minimum atomic E-state index is -0.267. The van der Waals surface area contributed by atoms with Crippen LogP contribution in [0.2, 0.25) is 0 Å². The zero-order valence-corrected chi connectivity index (χ0v) is 43.3. The van der Waals surface area contributed by atoms with E-state index in [9.17, 15) is 10.5 Å². The molecule has 3 aromatic heterocycles. The Morgan fingerprint density at radius 2 is 0.782 bits per heavy atom. The van der Waals surface area contributed by atoms with Gasteiger partial charge in [-0.2, -0.15) is 10.5 Å². The summed E-state index contributed by atoms with van der Waals surface area (Å²) in [4.78, 5) is 16.4. The Labute approximate surface area is 451 Å². The van der Waals surface area contributed by atoms with Gasteiger partial charge in [0.15, 0.2) is 17.5 Å². The van der Waals surface area contributed by atoms with Crippen molar-refractivity contribution in [3.8, 4) is 91.1 Å². The number of benzene rings is 10. The van der Waals surface area contributed by atoms with Gasteiger partial charge in [0.2, 0.25) is 0 Å². The molecule has 0 amide bonds. The highest BCUT2D eigenvalue weighted by Crippen LogP contribution is 2.55. The van der Waals surface area contributed by atoms with Gasteiger partial charge in [0, 0.05) is 49.1 Å². The molecular formula is C71H47N7. The molecule has 0 saturated heterocycles. The SMILES string of the molecule is CC1(C)c2ccccc2-c2ccc3c(c21)c1ccccc1n3-c1cc(C#N)ccc1-c1nc(-c2ccccc2)nc(-c2ccc(-c3ccc(C#N)cc3)cc2-n2c3ccccc3c3c4c(ccc32)-c2ccccc2C4(C)C)n1. The van der Waals surface area contributed by atoms with Crippen LogP contribution < -0.4 is 0 Å². The number of hydrogen-bond donors (Lipinski definition) is 0. The highest BCUT2D eigenvalue weighted by molar-refractivity contribution is 6.16. The van der Waals surface area contributed by atoms with E-state index >= 15 is 0 Å². The van der Waals surface area contributed by atoms with Crippen LogP contribution >= 0.6 is 0 Å². The average molecular weight is 998 g/mol. The molecular weight excluding hydrogens is 951 g/mol. The van der Waals surface area contributed by atoms with Gasteiger partial charge >= 0.3 is 0 Å². The van der Waals surface area contributed by atoms with Crippen molar-refractivity contribution in [2.45, 2.75) is 38.5 Å². The Morgan fingerprint density at radius 1 is 0.346 bits per heavy atom. The van der Waals surface area contributed by atoms with Crippen LogP contribution in [0.5, 0.6) is 0 Å². The summed E-state index contributed by atoms with van der Waals surface area (Å²) in [5.41, 5.74) is 21.1. The van der Waals surface area contributed by atoms with Crippen molar-refractivity contribution in [1.29, 1.82) is 10.5 Å². The zero-order chi connectivity index (χ0) is 52.6. The number of nitriles is 2. The maximum Gasteiger partial charge on any atom is 0.166 e. The van der Waals surface area contributed by atoms with E-state index in [0.29, 0.717) is 28.6 Å². The van der Waals surface area contributed by atoms with Crippen molar-refractivity contribution in [2.75, 3.05) is 0 Å². The van der Waals surface area contributed by atoms with E-state index < -0.39 is 0 Å². The van der Waals surface area contributed by atoms with Gasteiger partial charge in [-0.05, 0) is 122 Å². The van der Waals surface area contributed by atoms with Crippen LogP contribution in [0.25, 0.3) is 123 Å². The lowest BCUT2D eigenvalue weighted by Gasteiger charge is -2.23. The van der Waals surface area contributed by atoms with E-state index in [1.807, 2.05) is 72.8 Å². The lowest BCUT2D eigenvalue weighted by Crippen LogP contribution is -2.15. The van der Waals surface area contributed by atoms with Gasteiger partial charge in [-0.3, -0.25) is 0 Å². The molecule has 15 rings (SSSR count). The van der Waals surface area contributed by atoms with Gasteiger partial charge in [-0.25, -0.2) is 15.0 Å². The molecule has 7 heteroatoms. The number of aromatic nitrogens is 5. The third-order valence-electron chi connectivity index (χ3n) is 16.8. The maximum atomic E-state index is 10.6. The third kappa shape index (κ3) is 6.40. The summed E-state index contributed by atoms with van der Waals surface area (Å²) in [7, 11) is 0. The van der Waals surface area contributed by atoms with Crippen molar-refractivity contribution < 1.29 is 0 Å². The molecule has 10 aromatic carbocycles. The topological polar surface area (TPSA) is 96.1 Å². The molecule has 0 unspecified atom stereocenters. The molecule has 0 fully saturated rings. The van der Waals surface area contributed by atoms with Gasteiger partial charge in [-0.15, -0.1) is 0 Å². The molecule has 0 atom stereocenters. The highest BCUT2D eigenvalue weighted by Gasteiger charge is 2.40. The molecule has 0 aliphatic heterocycles. The van der Waals surface area contributed by atoms with E-state index in [2.05, 4.69) is 188 Å². The van der Waals surface area contributed by atoms with Gasteiger partial charge in [0.25, 0.3) is 0 Å². The molecule has 0 N–H and O–H groups in total. The van der Waals surface area contributed by atoms with E-state index in [-0.39, 0.29) is 10.8 Å². The number of rotatable bonds is 6. The number of fused-ring (bicyclic) bond motifs is 14. The molecule has 3 heterocycles. The first-order valence-corrected chi connectivity index (χ1v) is 26.5. The Hall–Kier alpha value is -10.2. The van der Waals surface area contributed by atoms with E-state index in [0.717, 1.165) is 72.0 Å². The lowest BCUT2D eigenvalue weighted by atomic mass is 9.80. The fourth-order valence-electron chi connectivity index (χ4n) is 13.3. The van der Waals surface area contributed by atoms with Crippen LogP contribution in [0.1, 0.15) is 61.1 Å². The van der Waals surface area contributed by atoms with E-state index in [4.69, 9.17) is 15.0 Å². The smallest absolute Gasteiger partial charge is 0.166 e. The minimum Gasteiger partial charge on any atom is -0.308 e. The molecule has 366 valence electrons. The number of para-hydroxylation sites is 2. The first-order chi connectivity index (χ1) is 38.1. The molecule has 0 radical (unpaired) electrons. The van der Waals surface area contributed by atoms with Crippen LogP contribution in [-0.4, -0.2) is 24.1 Å². The van der Waals surface area contributed by atoms with Crippen molar-refractivity contribution in [3.63, 3.8) is 0 Å². The average Bonchev–Trinajstić information content (AvgIpc) is 4.36. The third-order valence-corrected chi connectivity index (χ3v) is 16.8. The summed E-state index contributed by atoms with van der Waals surface area (Å²) in [5.74, 6) is 1.49. The second-order valence-corrected chi connectivity index (χ2v) is 21.7. The lowest BCUT2D eigenvalue weighted by molar-refractivity contribution is 0.666. The first kappa shape index (κ1) is 45.2. The highest BCUT2D eigenvalue weighted by atomic mass is 15.1. The quantitative estimate of drug-likeness (QED) is 0.165. The van der Waals surface area contributed by atoms with Crippen LogP contribution in [0.3, 0.4) is 0 Å². The molecule has 0 spiro atoms. The van der Waals surface area contributed by atoms with Crippen LogP contribution in [0.4, 0.5) is 0 Å². The van der Waals surface area contributed by atoms with E-state index in [1.165, 1.54) is 55.3 Å². The summed E-state index contributed by atoms with van der Waals surface area (Å²) >= 11 is 0. The van der Waals surface area contributed by atoms with Crippen LogP contribution in [0, 0.1) is 22.7 Å². The fourth-order valence-corrected chi connectivity index (χ4v) is 13.3. The second kappa shape index (κ2) is 16.6. The normalized spacial score (nSPS) is 13.6. The van der Waals surface area contributed by atoms with Gasteiger partial charge in [0.05, 0.1) is 56.7 Å². The predicted molar refractivity (Wildman–Crippen MR) is 315 cm³/mol. The van der Waals surface area contributed by atoms with Gasteiger partial charge in [-0.1, -0.05) is 173 Å². The van der Waals surface area contributed by atoms with Gasteiger partial charge in [0.1, 0.15) is 0 Å². The van der Waals surface area contributed by atoms with E-state index in [1.54, 1.807) is 0 Å². The molecule has 2 aliphatic rings. The zero-order valence-electron chi connectivity index (χ0n) is 43.3. The predicted octanol–water partition coefficient (Wildman–Crippen LogP) is 17.1. The second-order valence-electron chi connectivity index (χ2n) is 21.7. The van der Waals surface area contributed by atoms with Crippen molar-refractivity contribution in [2.24, 2.45) is 0 Å². The molecule has 0 saturated carbocycles. The van der Waals surface area contributed by atoms with Crippen molar-refractivity contribution in [1.82, 2.24) is 24.1 Å². The molecule has 13 aromatic rings. The minimum absolute atomic E-state index is 0.266. The summed E-state index contributed by atoms with van der Waals surface area (Å²) in [6.45, 7) is 9.36. The summed E-state index contributed by atoms with van der Waals surface area (Å²) in [5, 5.41) is 25.1. The number of hydrogen-bond acceptors (Lipinski definition) is 5. The Bertz CT molecular complexity index is 4810. The molecule has 2 aliphatic carbocycles. The largest absolute Gasteiger partial charge is 0.308 e. The van der Waals surface area contributed by atoms with Crippen LogP contribution in [0.15, 0.2) is 212 Å². The molecule has 7 nitrogen and oxygen atoms in total. The standard InChI is InChI=1S/C71H47N7/c1-70(2)55-22-12-8-18-47(55)49-34-36-59-63(65(49)70)51-20-10-14-24-57(51)77(59)61-38-43(41-73)28-32-53(61)68-74-67(45-16-6-5-7-17-45)75-69(76-68)54-33-31-46(44-29-26-42(40-72)27-30-44)39-62(54)78-58-25-15-11-21-52(58)64-60(78)37-35-50-48-19-9-13-23-56(48)71(3,4)66(50)64/h5-39H,1-4H3. The molecule has 78 heavy (non-hydrogen) atoms. The van der Waals surface area contributed by atoms with Crippen LogP contribution in [-0.2, 0) is 10.8 Å². The maximum absolute atomic E-state index is 10.6. The Morgan fingerprint density at radius 3 is 1.33 bits per heavy atom. The Kier molecular flexibility index (Phi) is 9.65. The fraction of sp³-hybridized carbons (Fsp3) is 0.0845. The Balaban J connectivity index is 1.01.